The second-order valence-electron chi connectivity index (χ2n) is 5.02. The molecule has 0 heterocycles. The molecule has 0 amide bonds. The third kappa shape index (κ3) is 4.96. The molecule has 0 spiro atoms. The number of halogens is 3. The number of hydrogen-bond acceptors (Lipinski definition) is 0. The van der Waals surface area contributed by atoms with Crippen molar-refractivity contribution in [2.75, 3.05) is 0 Å². The molecular weight excluding hydrogens is 272 g/mol. The highest BCUT2D eigenvalue weighted by Crippen LogP contribution is 2.32. The van der Waals surface area contributed by atoms with Crippen LogP contribution in [0.3, 0.4) is 0 Å². The standard InChI is InChI=1S/C17H17BF3/c19-17(20,21)16-12-5-4-8-14(16)9-6-7-13-18-15-10-2-1-3-11-15/h1-5,8,10-12H,6-7,9,13H2. The Morgan fingerprint density at radius 1 is 0.810 bits per heavy atom. The van der Waals surface area contributed by atoms with E-state index in [1.165, 1.54) is 6.07 Å². The van der Waals surface area contributed by atoms with E-state index in [0.29, 0.717) is 12.0 Å². The lowest BCUT2D eigenvalue weighted by atomic mass is 9.66. The molecule has 0 saturated heterocycles. The molecule has 1 radical (unpaired) electrons. The summed E-state index contributed by atoms with van der Waals surface area (Å²) >= 11 is 0. The number of rotatable bonds is 6. The van der Waals surface area contributed by atoms with Gasteiger partial charge in [0.25, 0.3) is 0 Å². The van der Waals surface area contributed by atoms with Gasteiger partial charge in [0.15, 0.2) is 7.28 Å². The highest BCUT2D eigenvalue weighted by atomic mass is 19.4. The maximum atomic E-state index is 12.8. The Kier molecular flexibility index (Phi) is 5.48. The molecule has 0 saturated carbocycles. The molecule has 0 aliphatic rings. The van der Waals surface area contributed by atoms with E-state index in [4.69, 9.17) is 0 Å². The Hall–Kier alpha value is -1.71. The summed E-state index contributed by atoms with van der Waals surface area (Å²) in [5, 5.41) is 0. The van der Waals surface area contributed by atoms with E-state index in [1.54, 1.807) is 12.1 Å². The molecule has 0 fully saturated rings. The zero-order valence-corrected chi connectivity index (χ0v) is 11.7. The Morgan fingerprint density at radius 3 is 2.19 bits per heavy atom. The fourth-order valence-electron chi connectivity index (χ4n) is 2.33. The predicted octanol–water partition coefficient (Wildman–Crippen LogP) is 4.48. The number of benzene rings is 2. The van der Waals surface area contributed by atoms with Crippen molar-refractivity contribution in [3.63, 3.8) is 0 Å². The van der Waals surface area contributed by atoms with Crippen LogP contribution in [0.4, 0.5) is 13.2 Å². The quantitative estimate of drug-likeness (QED) is 0.543. The minimum Gasteiger partial charge on any atom is -0.166 e. The molecule has 4 heteroatoms. The maximum Gasteiger partial charge on any atom is 0.416 e. The molecule has 0 atom stereocenters. The summed E-state index contributed by atoms with van der Waals surface area (Å²) in [6.45, 7) is 0. The van der Waals surface area contributed by atoms with E-state index in [2.05, 4.69) is 7.28 Å². The van der Waals surface area contributed by atoms with Gasteiger partial charge in [-0.25, -0.2) is 0 Å². The van der Waals surface area contributed by atoms with Crippen molar-refractivity contribution >= 4 is 12.7 Å². The van der Waals surface area contributed by atoms with Gasteiger partial charge in [0.2, 0.25) is 0 Å². The van der Waals surface area contributed by atoms with Crippen molar-refractivity contribution in [3.8, 4) is 0 Å². The van der Waals surface area contributed by atoms with Gasteiger partial charge in [0.05, 0.1) is 5.56 Å². The molecule has 0 aliphatic carbocycles. The van der Waals surface area contributed by atoms with Crippen molar-refractivity contribution in [1.82, 2.24) is 0 Å². The summed E-state index contributed by atoms with van der Waals surface area (Å²) in [6, 6.07) is 15.8. The summed E-state index contributed by atoms with van der Waals surface area (Å²) in [5.41, 5.74) is 1.05. The minimum absolute atomic E-state index is 0.393. The SMILES string of the molecule is FC(F)(F)c1ccccc1CCCC[B]c1ccccc1. The monoisotopic (exact) mass is 289 g/mol. The van der Waals surface area contributed by atoms with Gasteiger partial charge in [-0.05, 0) is 24.5 Å². The van der Waals surface area contributed by atoms with Crippen LogP contribution in [0.15, 0.2) is 54.6 Å². The molecule has 2 aromatic rings. The van der Waals surface area contributed by atoms with Crippen LogP contribution >= 0.6 is 0 Å². The third-order valence-electron chi connectivity index (χ3n) is 3.40. The minimum atomic E-state index is -4.26. The first-order valence-electron chi connectivity index (χ1n) is 7.11. The summed E-state index contributed by atoms with van der Waals surface area (Å²) in [6.07, 6.45) is -1.25. The Bertz CT molecular complexity index is 549. The molecule has 0 unspecified atom stereocenters. The predicted molar refractivity (Wildman–Crippen MR) is 81.0 cm³/mol. The fraction of sp³-hybridized carbons (Fsp3) is 0.294. The molecule has 0 nitrogen and oxygen atoms in total. The number of aryl methyl sites for hydroxylation is 1. The van der Waals surface area contributed by atoms with Gasteiger partial charge in [0.1, 0.15) is 0 Å². The van der Waals surface area contributed by atoms with E-state index in [-0.39, 0.29) is 0 Å². The molecule has 0 N–H and O–H groups in total. The molecule has 0 bridgehead atoms. The second kappa shape index (κ2) is 7.35. The lowest BCUT2D eigenvalue weighted by Gasteiger charge is -2.12. The smallest absolute Gasteiger partial charge is 0.166 e. The summed E-state index contributed by atoms with van der Waals surface area (Å²) < 4.78 is 38.5. The summed E-state index contributed by atoms with van der Waals surface area (Å²) in [5.74, 6) is 0. The largest absolute Gasteiger partial charge is 0.416 e. The lowest BCUT2D eigenvalue weighted by Crippen LogP contribution is -2.12. The van der Waals surface area contributed by atoms with Gasteiger partial charge in [0, 0.05) is 0 Å². The second-order valence-corrected chi connectivity index (χ2v) is 5.02. The van der Waals surface area contributed by atoms with Crippen molar-refractivity contribution < 1.29 is 13.2 Å². The van der Waals surface area contributed by atoms with Gasteiger partial charge in [-0.1, -0.05) is 66.7 Å². The fourth-order valence-corrected chi connectivity index (χ4v) is 2.33. The zero-order valence-electron chi connectivity index (χ0n) is 11.7. The van der Waals surface area contributed by atoms with Crippen LogP contribution in [0.2, 0.25) is 6.32 Å². The van der Waals surface area contributed by atoms with Crippen molar-refractivity contribution in [3.05, 3.63) is 65.7 Å². The molecule has 0 aliphatic heterocycles. The van der Waals surface area contributed by atoms with Crippen LogP contribution in [0.1, 0.15) is 24.0 Å². The van der Waals surface area contributed by atoms with E-state index < -0.39 is 11.7 Å². The van der Waals surface area contributed by atoms with E-state index in [9.17, 15) is 13.2 Å². The summed E-state index contributed by atoms with van der Waals surface area (Å²) in [7, 11) is 2.12. The topological polar surface area (TPSA) is 0 Å². The number of alkyl halides is 3. The van der Waals surface area contributed by atoms with Crippen LogP contribution in [0.25, 0.3) is 0 Å². The lowest BCUT2D eigenvalue weighted by molar-refractivity contribution is -0.138. The highest BCUT2D eigenvalue weighted by molar-refractivity contribution is 6.53. The van der Waals surface area contributed by atoms with E-state index >= 15 is 0 Å². The molecule has 2 aromatic carbocycles. The first-order valence-corrected chi connectivity index (χ1v) is 7.11. The van der Waals surface area contributed by atoms with Crippen LogP contribution in [-0.4, -0.2) is 7.28 Å². The van der Waals surface area contributed by atoms with E-state index in [0.717, 1.165) is 30.7 Å². The normalized spacial score (nSPS) is 11.4. The zero-order chi connectivity index (χ0) is 15.1. The van der Waals surface area contributed by atoms with Gasteiger partial charge >= 0.3 is 6.18 Å². The molecule has 2 rings (SSSR count). The van der Waals surface area contributed by atoms with Crippen LogP contribution < -0.4 is 5.46 Å². The van der Waals surface area contributed by atoms with Crippen molar-refractivity contribution in [1.29, 1.82) is 0 Å². The Morgan fingerprint density at radius 2 is 1.48 bits per heavy atom. The molecule has 21 heavy (non-hydrogen) atoms. The van der Waals surface area contributed by atoms with Crippen molar-refractivity contribution in [2.24, 2.45) is 0 Å². The highest BCUT2D eigenvalue weighted by Gasteiger charge is 2.32. The average molecular weight is 289 g/mol. The van der Waals surface area contributed by atoms with Gasteiger partial charge in [-0.2, -0.15) is 13.2 Å². The Balaban J connectivity index is 1.79. The van der Waals surface area contributed by atoms with Gasteiger partial charge < -0.3 is 0 Å². The molecular formula is C17H17BF3. The first kappa shape index (κ1) is 15.7. The summed E-state index contributed by atoms with van der Waals surface area (Å²) in [4.78, 5) is 0. The maximum absolute atomic E-state index is 12.8. The van der Waals surface area contributed by atoms with Crippen molar-refractivity contribution in [2.45, 2.75) is 31.8 Å². The van der Waals surface area contributed by atoms with E-state index in [1.807, 2.05) is 30.3 Å². The number of unbranched alkanes of at least 4 members (excludes halogenated alkanes) is 1. The van der Waals surface area contributed by atoms with Crippen LogP contribution in [-0.2, 0) is 12.6 Å². The average Bonchev–Trinajstić information content (AvgIpc) is 2.47. The molecule has 0 aromatic heterocycles. The van der Waals surface area contributed by atoms with Gasteiger partial charge in [-0.3, -0.25) is 0 Å². The Labute approximate surface area is 124 Å². The number of hydrogen-bond donors (Lipinski definition) is 0. The van der Waals surface area contributed by atoms with Crippen LogP contribution in [0.5, 0.6) is 0 Å². The first-order chi connectivity index (χ1) is 10.1. The van der Waals surface area contributed by atoms with Gasteiger partial charge in [-0.15, -0.1) is 0 Å². The molecule has 109 valence electrons. The van der Waals surface area contributed by atoms with Crippen LogP contribution in [0, 0.1) is 0 Å². The third-order valence-corrected chi connectivity index (χ3v) is 3.40.